The Hall–Kier alpha value is -0.765. The van der Waals surface area contributed by atoms with Crippen LogP contribution in [0.5, 0.6) is 0 Å². The van der Waals surface area contributed by atoms with Crippen molar-refractivity contribution in [1.82, 2.24) is 0 Å². The van der Waals surface area contributed by atoms with Gasteiger partial charge in [0.25, 0.3) is 0 Å². The molecule has 0 spiro atoms. The summed E-state index contributed by atoms with van der Waals surface area (Å²) in [6.07, 6.45) is 3.52. The Bertz CT molecular complexity index is 469. The minimum atomic E-state index is 0.554. The third kappa shape index (κ3) is 4.10. The van der Waals surface area contributed by atoms with Crippen molar-refractivity contribution in [2.75, 3.05) is 17.2 Å². The number of nitrogens with zero attached hydrogens (tertiary/aromatic N) is 1. The second-order valence-corrected chi connectivity index (χ2v) is 6.76. The number of nitrogens with two attached hydrogens (primary N) is 1. The van der Waals surface area contributed by atoms with Crippen LogP contribution < -0.4 is 10.6 Å². The summed E-state index contributed by atoms with van der Waals surface area (Å²) in [6.45, 7) is 5.37. The van der Waals surface area contributed by atoms with Gasteiger partial charge < -0.3 is 0 Å². The quantitative estimate of drug-likeness (QED) is 0.641. The van der Waals surface area contributed by atoms with Gasteiger partial charge in [0.15, 0.2) is 0 Å². The molecule has 0 aromatic heterocycles. The fourth-order valence-electron chi connectivity index (χ4n) is 2.23. The molecule has 1 aromatic rings. The van der Waals surface area contributed by atoms with Gasteiger partial charge in [0.05, 0.1) is 0 Å². The van der Waals surface area contributed by atoms with Gasteiger partial charge in [0.1, 0.15) is 0 Å². The van der Waals surface area contributed by atoms with Crippen molar-refractivity contribution in [2.24, 2.45) is 11.8 Å². The van der Waals surface area contributed by atoms with Gasteiger partial charge in [-0.2, -0.15) is 0 Å². The SMILES string of the molecule is [B]=C(CC(C)C)N(CC1CC1)c1ccc(Br)cc1N. The Labute approximate surface area is 125 Å². The Kier molecular flexibility index (Phi) is 4.72. The van der Waals surface area contributed by atoms with Crippen LogP contribution in [-0.4, -0.2) is 19.6 Å². The van der Waals surface area contributed by atoms with E-state index in [1.807, 2.05) is 12.1 Å². The topological polar surface area (TPSA) is 29.3 Å². The van der Waals surface area contributed by atoms with E-state index in [1.165, 1.54) is 12.8 Å². The molecule has 0 heterocycles. The van der Waals surface area contributed by atoms with E-state index >= 15 is 0 Å². The van der Waals surface area contributed by atoms with E-state index in [-0.39, 0.29) is 0 Å². The molecule has 1 aliphatic carbocycles. The summed E-state index contributed by atoms with van der Waals surface area (Å²) in [6, 6.07) is 6.01. The maximum atomic E-state index is 6.31. The summed E-state index contributed by atoms with van der Waals surface area (Å²) in [5.74, 6) is 1.33. The molecular formula is C15H21BBrN2. The molecule has 2 nitrogen and oxygen atoms in total. The summed E-state index contributed by atoms with van der Waals surface area (Å²) in [5, 5.41) is 0. The van der Waals surface area contributed by atoms with Crippen LogP contribution in [0.25, 0.3) is 0 Å². The molecule has 1 aromatic carbocycles. The third-order valence-corrected chi connectivity index (χ3v) is 3.88. The van der Waals surface area contributed by atoms with Crippen LogP contribution in [0.4, 0.5) is 11.4 Å². The molecule has 1 radical (unpaired) electrons. The van der Waals surface area contributed by atoms with Crippen LogP contribution >= 0.6 is 15.9 Å². The van der Waals surface area contributed by atoms with E-state index in [2.05, 4.69) is 40.7 Å². The first-order chi connectivity index (χ1) is 8.97. The van der Waals surface area contributed by atoms with Gasteiger partial charge in [-0.25, -0.2) is 0 Å². The van der Waals surface area contributed by atoms with Crippen molar-refractivity contribution < 1.29 is 0 Å². The Morgan fingerprint density at radius 2 is 2.16 bits per heavy atom. The zero-order chi connectivity index (χ0) is 14.0. The molecule has 1 fully saturated rings. The van der Waals surface area contributed by atoms with Gasteiger partial charge >= 0.3 is 125 Å². The van der Waals surface area contributed by atoms with Gasteiger partial charge in [0.2, 0.25) is 0 Å². The van der Waals surface area contributed by atoms with E-state index in [9.17, 15) is 0 Å². The van der Waals surface area contributed by atoms with Crippen LogP contribution in [0.15, 0.2) is 22.7 Å². The van der Waals surface area contributed by atoms with Gasteiger partial charge in [-0.1, -0.05) is 0 Å². The fraction of sp³-hybridized carbons (Fsp3) is 0.533. The maximum absolute atomic E-state index is 6.31. The first kappa shape index (κ1) is 14.6. The number of rotatable bonds is 6. The Morgan fingerprint density at radius 3 is 2.68 bits per heavy atom. The third-order valence-electron chi connectivity index (χ3n) is 3.38. The summed E-state index contributed by atoms with van der Waals surface area (Å²) in [4.78, 5) is 2.21. The average Bonchev–Trinajstić information content (AvgIpc) is 3.09. The molecule has 1 aliphatic rings. The number of hydrogen-bond acceptors (Lipinski definition) is 2. The van der Waals surface area contributed by atoms with Gasteiger partial charge in [-0.3, -0.25) is 0 Å². The first-order valence-corrected chi connectivity index (χ1v) is 7.70. The van der Waals surface area contributed by atoms with Crippen LogP contribution in [0.3, 0.4) is 0 Å². The molecule has 4 heteroatoms. The molecule has 2 rings (SSSR count). The van der Waals surface area contributed by atoms with Crippen molar-refractivity contribution in [2.45, 2.75) is 33.1 Å². The van der Waals surface area contributed by atoms with E-state index in [1.54, 1.807) is 0 Å². The minimum absolute atomic E-state index is 0.554. The summed E-state index contributed by atoms with van der Waals surface area (Å²) >= 11 is 3.45. The molecule has 2 N–H and O–H groups in total. The monoisotopic (exact) mass is 319 g/mol. The van der Waals surface area contributed by atoms with E-state index in [0.29, 0.717) is 5.92 Å². The zero-order valence-electron chi connectivity index (χ0n) is 11.7. The van der Waals surface area contributed by atoms with E-state index in [0.717, 1.165) is 40.3 Å². The molecule has 19 heavy (non-hydrogen) atoms. The van der Waals surface area contributed by atoms with Crippen LogP contribution in [0.1, 0.15) is 33.1 Å². The molecule has 0 aliphatic heterocycles. The van der Waals surface area contributed by atoms with Crippen molar-refractivity contribution in [1.29, 1.82) is 0 Å². The predicted molar refractivity (Wildman–Crippen MR) is 88.8 cm³/mol. The molecule has 0 saturated heterocycles. The normalized spacial score (nSPS) is 14.7. The van der Waals surface area contributed by atoms with Crippen LogP contribution in [-0.2, 0) is 0 Å². The molecule has 0 atom stereocenters. The summed E-state index contributed by atoms with van der Waals surface area (Å²) < 4.78 is 1.00. The fourth-order valence-corrected chi connectivity index (χ4v) is 2.61. The summed E-state index contributed by atoms with van der Waals surface area (Å²) in [7, 11) is 6.31. The molecule has 0 bridgehead atoms. The van der Waals surface area contributed by atoms with Crippen LogP contribution in [0.2, 0.25) is 0 Å². The van der Waals surface area contributed by atoms with E-state index < -0.39 is 0 Å². The van der Waals surface area contributed by atoms with Crippen LogP contribution in [0, 0.1) is 11.8 Å². The summed E-state index contributed by atoms with van der Waals surface area (Å²) in [5.41, 5.74) is 8.89. The van der Waals surface area contributed by atoms with Crippen molar-refractivity contribution >= 4 is 40.4 Å². The number of benzene rings is 1. The van der Waals surface area contributed by atoms with E-state index in [4.69, 9.17) is 13.2 Å². The molecule has 1 saturated carbocycles. The number of nitrogen functional groups attached to an aromatic ring is 1. The molecule has 0 amide bonds. The van der Waals surface area contributed by atoms with Gasteiger partial charge in [-0.15, -0.1) is 0 Å². The second kappa shape index (κ2) is 6.12. The van der Waals surface area contributed by atoms with Crippen molar-refractivity contribution in [3.63, 3.8) is 0 Å². The first-order valence-electron chi connectivity index (χ1n) is 6.91. The second-order valence-electron chi connectivity index (χ2n) is 5.85. The van der Waals surface area contributed by atoms with Gasteiger partial charge in [0, 0.05) is 0 Å². The Balaban J connectivity index is 2.22. The number of hydrogen-bond donors (Lipinski definition) is 1. The molecule has 101 valence electrons. The average molecular weight is 320 g/mol. The van der Waals surface area contributed by atoms with Crippen molar-refractivity contribution in [3.05, 3.63) is 22.7 Å². The number of anilines is 2. The Morgan fingerprint density at radius 1 is 1.47 bits per heavy atom. The van der Waals surface area contributed by atoms with Gasteiger partial charge in [-0.05, 0) is 0 Å². The molecular weight excluding hydrogens is 299 g/mol. The molecule has 0 unspecified atom stereocenters. The zero-order valence-corrected chi connectivity index (χ0v) is 13.3. The predicted octanol–water partition coefficient (Wildman–Crippen LogP) is 3.59. The standard InChI is InChI=1S/C15H21BBrN2/c1-10(2)7-15(16)19(9-11-3-4-11)14-6-5-12(17)8-13(14)18/h5-6,8,10-11H,3-4,7,9,18H2,1-2H3. The number of halogens is 1. The van der Waals surface area contributed by atoms with Crippen molar-refractivity contribution in [3.8, 4) is 0 Å².